The van der Waals surface area contributed by atoms with Crippen LogP contribution in [0.1, 0.15) is 42.5 Å². The van der Waals surface area contributed by atoms with Gasteiger partial charge in [-0.1, -0.05) is 29.5 Å². The molecule has 8 nitrogen and oxygen atoms in total. The molecule has 0 aliphatic heterocycles. The first-order chi connectivity index (χ1) is 13.2. The van der Waals surface area contributed by atoms with E-state index in [1.54, 1.807) is 4.68 Å². The first kappa shape index (κ1) is 16.6. The van der Waals surface area contributed by atoms with Crippen LogP contribution in [0.25, 0.3) is 11.2 Å². The van der Waals surface area contributed by atoms with E-state index in [2.05, 4.69) is 49.9 Å². The van der Waals surface area contributed by atoms with Gasteiger partial charge in [-0.25, -0.2) is 14.6 Å². The van der Waals surface area contributed by atoms with Gasteiger partial charge in [-0.05, 0) is 36.8 Å². The van der Waals surface area contributed by atoms with E-state index in [0.717, 1.165) is 12.8 Å². The largest absolute Gasteiger partial charge is 0.396 e. The predicted molar refractivity (Wildman–Crippen MR) is 99.1 cm³/mol. The van der Waals surface area contributed by atoms with Crippen LogP contribution in [-0.2, 0) is 6.42 Å². The molecular weight excluding hydrogens is 344 g/mol. The van der Waals surface area contributed by atoms with Crippen LogP contribution in [0.3, 0.4) is 0 Å². The second-order valence-corrected chi connectivity index (χ2v) is 7.50. The maximum atomic E-state index is 10.1. The number of aromatic nitrogens is 5. The number of hydrogen-bond donors (Lipinski definition) is 3. The standard InChI is InChI=1S/C19H22N6O2/c26-9-12-7-13(8-16(12)27)25-19-17(23-24-25)18(20-10-21-19)22-15-6-5-11-3-1-2-4-14(11)15/h1-4,10,12-13,15-16,26-27H,5-9H2,(H,20,21,22)/t12?,13?,15-,16?/m0/s1. The molecule has 1 fully saturated rings. The quantitative estimate of drug-likeness (QED) is 0.644. The third-order valence-corrected chi connectivity index (χ3v) is 5.92. The molecule has 3 aromatic rings. The smallest absolute Gasteiger partial charge is 0.184 e. The first-order valence-electron chi connectivity index (χ1n) is 9.43. The normalized spacial score (nSPS) is 27.2. The maximum Gasteiger partial charge on any atom is 0.184 e. The highest BCUT2D eigenvalue weighted by Gasteiger charge is 2.35. The Kier molecular flexibility index (Phi) is 4.02. The van der Waals surface area contributed by atoms with Gasteiger partial charge in [-0.2, -0.15) is 0 Å². The van der Waals surface area contributed by atoms with Gasteiger partial charge < -0.3 is 15.5 Å². The highest BCUT2D eigenvalue weighted by molar-refractivity contribution is 5.82. The number of hydrogen-bond acceptors (Lipinski definition) is 7. The van der Waals surface area contributed by atoms with Gasteiger partial charge >= 0.3 is 0 Å². The van der Waals surface area contributed by atoms with Gasteiger partial charge in [0.15, 0.2) is 17.0 Å². The van der Waals surface area contributed by atoms with Crippen LogP contribution in [0.15, 0.2) is 30.6 Å². The molecule has 140 valence electrons. The minimum atomic E-state index is -0.520. The molecule has 0 radical (unpaired) electrons. The van der Waals surface area contributed by atoms with Crippen LogP contribution in [0.2, 0.25) is 0 Å². The predicted octanol–water partition coefficient (Wildman–Crippen LogP) is 1.62. The molecule has 8 heteroatoms. The lowest BCUT2D eigenvalue weighted by Gasteiger charge is -2.15. The average Bonchev–Trinajstić information content (AvgIpc) is 3.39. The molecule has 1 saturated carbocycles. The van der Waals surface area contributed by atoms with Crippen molar-refractivity contribution in [3.05, 3.63) is 41.7 Å². The molecule has 2 aliphatic carbocycles. The first-order valence-corrected chi connectivity index (χ1v) is 9.43. The summed E-state index contributed by atoms with van der Waals surface area (Å²) in [7, 11) is 0. The Hall–Kier alpha value is -2.58. The number of rotatable bonds is 4. The molecule has 2 heterocycles. The number of aliphatic hydroxyl groups excluding tert-OH is 2. The van der Waals surface area contributed by atoms with Crippen molar-refractivity contribution >= 4 is 17.0 Å². The van der Waals surface area contributed by atoms with Crippen molar-refractivity contribution in [2.75, 3.05) is 11.9 Å². The molecule has 4 atom stereocenters. The number of benzene rings is 1. The lowest BCUT2D eigenvalue weighted by atomic mass is 10.1. The maximum absolute atomic E-state index is 10.1. The lowest BCUT2D eigenvalue weighted by molar-refractivity contribution is 0.0906. The summed E-state index contributed by atoms with van der Waals surface area (Å²) < 4.78 is 1.77. The summed E-state index contributed by atoms with van der Waals surface area (Å²) in [4.78, 5) is 8.79. The van der Waals surface area contributed by atoms with E-state index in [1.165, 1.54) is 17.5 Å². The monoisotopic (exact) mass is 366 g/mol. The van der Waals surface area contributed by atoms with Crippen LogP contribution in [-0.4, -0.2) is 47.9 Å². The second kappa shape index (κ2) is 6.54. The Morgan fingerprint density at radius 2 is 2.07 bits per heavy atom. The summed E-state index contributed by atoms with van der Waals surface area (Å²) in [5.74, 6) is 0.564. The third-order valence-electron chi connectivity index (χ3n) is 5.92. The van der Waals surface area contributed by atoms with Gasteiger partial charge in [0, 0.05) is 12.5 Å². The van der Waals surface area contributed by atoms with E-state index in [9.17, 15) is 10.2 Å². The van der Waals surface area contributed by atoms with Crippen molar-refractivity contribution in [1.29, 1.82) is 0 Å². The zero-order valence-electron chi connectivity index (χ0n) is 14.9. The van der Waals surface area contributed by atoms with Gasteiger partial charge in [0.05, 0.1) is 18.2 Å². The number of nitrogens with zero attached hydrogens (tertiary/aromatic N) is 5. The molecular formula is C19H22N6O2. The Balaban J connectivity index is 1.45. The molecule has 3 N–H and O–H groups in total. The molecule has 0 saturated heterocycles. The van der Waals surface area contributed by atoms with E-state index in [-0.39, 0.29) is 24.6 Å². The highest BCUT2D eigenvalue weighted by atomic mass is 16.3. The SMILES string of the molecule is OCC1CC(n2nnc3c(N[C@H]4CCc5ccccc54)ncnc32)CC1O. The van der Waals surface area contributed by atoms with Crippen LogP contribution >= 0.6 is 0 Å². The van der Waals surface area contributed by atoms with Gasteiger partial charge in [0.1, 0.15) is 6.33 Å². The average molecular weight is 366 g/mol. The van der Waals surface area contributed by atoms with Crippen molar-refractivity contribution in [3.8, 4) is 0 Å². The number of fused-ring (bicyclic) bond motifs is 2. The summed E-state index contributed by atoms with van der Waals surface area (Å²) in [6, 6.07) is 8.66. The minimum Gasteiger partial charge on any atom is -0.396 e. The van der Waals surface area contributed by atoms with Gasteiger partial charge in [-0.15, -0.1) is 5.10 Å². The van der Waals surface area contributed by atoms with Crippen LogP contribution in [0.5, 0.6) is 0 Å². The topological polar surface area (TPSA) is 109 Å². The molecule has 27 heavy (non-hydrogen) atoms. The Morgan fingerprint density at radius 3 is 2.93 bits per heavy atom. The van der Waals surface area contributed by atoms with Crippen molar-refractivity contribution in [3.63, 3.8) is 0 Å². The molecule has 2 aliphatic rings. The van der Waals surface area contributed by atoms with E-state index in [4.69, 9.17) is 0 Å². The zero-order chi connectivity index (χ0) is 18.4. The van der Waals surface area contributed by atoms with Crippen molar-refractivity contribution in [2.45, 2.75) is 43.9 Å². The molecule has 0 amide bonds. The summed E-state index contributed by atoms with van der Waals surface area (Å²) in [6.07, 6.45) is 4.29. The van der Waals surface area contributed by atoms with E-state index in [0.29, 0.717) is 29.8 Å². The molecule has 5 rings (SSSR count). The van der Waals surface area contributed by atoms with Crippen LogP contribution < -0.4 is 5.32 Å². The lowest BCUT2D eigenvalue weighted by Crippen LogP contribution is -2.16. The minimum absolute atomic E-state index is 0.0166. The molecule has 0 spiro atoms. The van der Waals surface area contributed by atoms with Gasteiger partial charge in [-0.3, -0.25) is 0 Å². The summed E-state index contributed by atoms with van der Waals surface area (Å²) in [5, 5.41) is 31.6. The van der Waals surface area contributed by atoms with E-state index >= 15 is 0 Å². The van der Waals surface area contributed by atoms with E-state index < -0.39 is 6.10 Å². The third kappa shape index (κ3) is 2.76. The fraction of sp³-hybridized carbons (Fsp3) is 0.474. The molecule has 3 unspecified atom stereocenters. The molecule has 2 aromatic heterocycles. The fourth-order valence-electron chi connectivity index (χ4n) is 4.46. The Labute approximate surface area is 156 Å². The number of aryl methyl sites for hydroxylation is 1. The van der Waals surface area contributed by atoms with Crippen LogP contribution in [0, 0.1) is 5.92 Å². The number of nitrogens with one attached hydrogen (secondary N) is 1. The molecule has 1 aromatic carbocycles. The number of aliphatic hydroxyl groups is 2. The van der Waals surface area contributed by atoms with Crippen molar-refractivity contribution in [2.24, 2.45) is 5.92 Å². The van der Waals surface area contributed by atoms with Gasteiger partial charge in [0.25, 0.3) is 0 Å². The highest BCUT2D eigenvalue weighted by Crippen LogP contribution is 2.37. The second-order valence-electron chi connectivity index (χ2n) is 7.50. The van der Waals surface area contributed by atoms with E-state index in [1.807, 2.05) is 0 Å². The number of anilines is 1. The summed E-state index contributed by atoms with van der Waals surface area (Å²) in [6.45, 7) is -0.0207. The summed E-state index contributed by atoms with van der Waals surface area (Å²) in [5.41, 5.74) is 3.98. The van der Waals surface area contributed by atoms with Crippen molar-refractivity contribution in [1.82, 2.24) is 25.0 Å². The molecule has 0 bridgehead atoms. The van der Waals surface area contributed by atoms with Crippen molar-refractivity contribution < 1.29 is 10.2 Å². The summed E-state index contributed by atoms with van der Waals surface area (Å²) >= 11 is 0. The fourth-order valence-corrected chi connectivity index (χ4v) is 4.46. The zero-order valence-corrected chi connectivity index (χ0v) is 14.9. The Morgan fingerprint density at radius 1 is 1.19 bits per heavy atom. The van der Waals surface area contributed by atoms with Gasteiger partial charge in [0.2, 0.25) is 0 Å². The Bertz CT molecular complexity index is 974. The van der Waals surface area contributed by atoms with Crippen LogP contribution in [0.4, 0.5) is 5.82 Å².